The number of allylic oxidation sites excluding steroid dienone is 4. The van der Waals surface area contributed by atoms with Gasteiger partial charge in [-0.2, -0.15) is 0 Å². The minimum absolute atomic E-state index is 0.216. The lowest BCUT2D eigenvalue weighted by atomic mass is 9.99. The number of hydrogen-bond acceptors (Lipinski definition) is 10. The van der Waals surface area contributed by atoms with Gasteiger partial charge in [-0.05, 0) is 38.5 Å². The first-order chi connectivity index (χ1) is 26.8. The van der Waals surface area contributed by atoms with Gasteiger partial charge in [0.1, 0.15) is 31.0 Å². The second-order valence-corrected chi connectivity index (χ2v) is 15.5. The van der Waals surface area contributed by atoms with Gasteiger partial charge in [0.15, 0.2) is 12.4 Å². The van der Waals surface area contributed by atoms with E-state index in [1.54, 1.807) is 0 Å². The van der Waals surface area contributed by atoms with Crippen molar-refractivity contribution < 1.29 is 49.0 Å². The highest BCUT2D eigenvalue weighted by Gasteiger charge is 2.44. The van der Waals surface area contributed by atoms with Crippen molar-refractivity contribution in [3.63, 3.8) is 0 Å². The molecular formula is C45H82O10. The van der Waals surface area contributed by atoms with Crippen molar-refractivity contribution in [2.75, 3.05) is 19.8 Å². The Bertz CT molecular complexity index is 954. The quantitative estimate of drug-likeness (QED) is 0.0273. The van der Waals surface area contributed by atoms with Crippen molar-refractivity contribution in [1.82, 2.24) is 0 Å². The van der Waals surface area contributed by atoms with E-state index in [0.29, 0.717) is 6.42 Å². The Morgan fingerprint density at radius 2 is 1.04 bits per heavy atom. The van der Waals surface area contributed by atoms with Crippen LogP contribution in [0.15, 0.2) is 24.3 Å². The van der Waals surface area contributed by atoms with Crippen LogP contribution in [0, 0.1) is 0 Å². The number of ether oxygens (including phenoxy) is 4. The van der Waals surface area contributed by atoms with Crippen molar-refractivity contribution in [1.29, 1.82) is 0 Å². The number of unbranched alkanes of at least 4 members (excludes halogenated alkanes) is 22. The zero-order valence-electron chi connectivity index (χ0n) is 34.9. The van der Waals surface area contributed by atoms with Crippen LogP contribution in [0.1, 0.15) is 194 Å². The normalized spacial score (nSPS) is 20.7. The Morgan fingerprint density at radius 1 is 0.564 bits per heavy atom. The van der Waals surface area contributed by atoms with Gasteiger partial charge in [-0.15, -0.1) is 0 Å². The summed E-state index contributed by atoms with van der Waals surface area (Å²) in [5.74, 6) is -0.816. The van der Waals surface area contributed by atoms with Gasteiger partial charge in [-0.1, -0.05) is 167 Å². The van der Waals surface area contributed by atoms with Gasteiger partial charge in [0.05, 0.1) is 13.2 Å². The largest absolute Gasteiger partial charge is 0.462 e. The van der Waals surface area contributed by atoms with Gasteiger partial charge in [0.25, 0.3) is 0 Å². The molecule has 0 bridgehead atoms. The number of hydrogen-bond donors (Lipinski definition) is 4. The van der Waals surface area contributed by atoms with Crippen molar-refractivity contribution in [3.8, 4) is 0 Å². The Kier molecular flexibility index (Phi) is 34.0. The molecule has 0 radical (unpaired) electrons. The zero-order valence-corrected chi connectivity index (χ0v) is 34.9. The fourth-order valence-electron chi connectivity index (χ4n) is 6.73. The van der Waals surface area contributed by atoms with Gasteiger partial charge in [0.2, 0.25) is 0 Å². The van der Waals surface area contributed by atoms with Crippen molar-refractivity contribution >= 4 is 11.9 Å². The molecule has 1 heterocycles. The molecule has 1 rings (SSSR count). The van der Waals surface area contributed by atoms with Crippen LogP contribution in [0.25, 0.3) is 0 Å². The Hall–Kier alpha value is -1.82. The molecule has 1 fully saturated rings. The molecule has 10 heteroatoms. The first-order valence-corrected chi connectivity index (χ1v) is 22.4. The maximum atomic E-state index is 12.7. The predicted octanol–water partition coefficient (Wildman–Crippen LogP) is 9.33. The summed E-state index contributed by atoms with van der Waals surface area (Å²) in [5.41, 5.74) is 0. The van der Waals surface area contributed by atoms with Crippen molar-refractivity contribution in [2.45, 2.75) is 230 Å². The van der Waals surface area contributed by atoms with E-state index >= 15 is 0 Å². The number of carbonyl (C=O) groups excluding carboxylic acids is 2. The van der Waals surface area contributed by atoms with Gasteiger partial charge < -0.3 is 39.4 Å². The fraction of sp³-hybridized carbons (Fsp3) is 0.867. The fourth-order valence-corrected chi connectivity index (χ4v) is 6.73. The zero-order chi connectivity index (χ0) is 40.2. The summed E-state index contributed by atoms with van der Waals surface area (Å²) in [4.78, 5) is 25.3. The third-order valence-electron chi connectivity index (χ3n) is 10.3. The van der Waals surface area contributed by atoms with Crippen molar-refractivity contribution in [2.24, 2.45) is 0 Å². The lowest BCUT2D eigenvalue weighted by Gasteiger charge is -2.39. The van der Waals surface area contributed by atoms with Crippen LogP contribution < -0.4 is 0 Å². The minimum Gasteiger partial charge on any atom is -0.462 e. The molecule has 6 atom stereocenters. The lowest BCUT2D eigenvalue weighted by Crippen LogP contribution is -2.59. The van der Waals surface area contributed by atoms with Crippen molar-refractivity contribution in [3.05, 3.63) is 24.3 Å². The highest BCUT2D eigenvalue weighted by Crippen LogP contribution is 2.23. The first-order valence-electron chi connectivity index (χ1n) is 22.4. The average Bonchev–Trinajstić information content (AvgIpc) is 3.18. The van der Waals surface area contributed by atoms with Crippen LogP contribution in [0.3, 0.4) is 0 Å². The molecule has 0 saturated carbocycles. The van der Waals surface area contributed by atoms with Gasteiger partial charge >= 0.3 is 11.9 Å². The topological polar surface area (TPSA) is 152 Å². The molecule has 0 aliphatic carbocycles. The third-order valence-corrected chi connectivity index (χ3v) is 10.3. The van der Waals surface area contributed by atoms with E-state index in [4.69, 9.17) is 18.9 Å². The molecular weight excluding hydrogens is 700 g/mol. The number of aliphatic hydroxyl groups is 4. The molecule has 1 aliphatic heterocycles. The van der Waals surface area contributed by atoms with E-state index in [0.717, 1.165) is 64.2 Å². The average molecular weight is 783 g/mol. The predicted molar refractivity (Wildman–Crippen MR) is 219 cm³/mol. The molecule has 2 unspecified atom stereocenters. The summed E-state index contributed by atoms with van der Waals surface area (Å²) in [6, 6.07) is 0. The third kappa shape index (κ3) is 28.3. The van der Waals surface area contributed by atoms with Crippen LogP contribution in [0.5, 0.6) is 0 Å². The van der Waals surface area contributed by atoms with E-state index in [1.165, 1.54) is 96.3 Å². The van der Waals surface area contributed by atoms with Crippen LogP contribution >= 0.6 is 0 Å². The van der Waals surface area contributed by atoms with Crippen LogP contribution in [-0.2, 0) is 28.5 Å². The molecule has 10 nitrogen and oxygen atoms in total. The highest BCUT2D eigenvalue weighted by atomic mass is 16.7. The van der Waals surface area contributed by atoms with E-state index in [-0.39, 0.29) is 32.0 Å². The molecule has 55 heavy (non-hydrogen) atoms. The minimum atomic E-state index is -1.59. The lowest BCUT2D eigenvalue weighted by molar-refractivity contribution is -0.305. The second kappa shape index (κ2) is 36.5. The summed E-state index contributed by atoms with van der Waals surface area (Å²) in [7, 11) is 0. The molecule has 0 aromatic heterocycles. The van der Waals surface area contributed by atoms with Crippen LogP contribution in [0.2, 0.25) is 0 Å². The van der Waals surface area contributed by atoms with Gasteiger partial charge in [0, 0.05) is 12.8 Å². The molecule has 0 aromatic carbocycles. The van der Waals surface area contributed by atoms with Gasteiger partial charge in [-0.3, -0.25) is 9.59 Å². The number of carbonyl (C=O) groups is 2. The summed E-state index contributed by atoms with van der Waals surface area (Å²) < 4.78 is 22.1. The summed E-state index contributed by atoms with van der Waals surface area (Å²) in [6.07, 6.45) is 31.8. The first kappa shape index (κ1) is 51.2. The molecule has 322 valence electrons. The molecule has 4 N–H and O–H groups in total. The van der Waals surface area contributed by atoms with Gasteiger partial charge in [-0.25, -0.2) is 0 Å². The highest BCUT2D eigenvalue weighted by molar-refractivity contribution is 5.70. The van der Waals surface area contributed by atoms with E-state index in [1.807, 2.05) is 0 Å². The molecule has 0 aromatic rings. The van der Waals surface area contributed by atoms with Crippen LogP contribution in [-0.4, -0.2) is 89.0 Å². The van der Waals surface area contributed by atoms with Crippen LogP contribution in [0.4, 0.5) is 0 Å². The molecule has 0 spiro atoms. The summed E-state index contributed by atoms with van der Waals surface area (Å²) >= 11 is 0. The van der Waals surface area contributed by atoms with E-state index in [2.05, 4.69) is 38.2 Å². The standard InChI is InChI=1S/C45H82O10/c1-3-5-7-9-11-13-15-17-19-20-22-23-25-27-29-31-33-40(47)52-36-38(37-53-45-44(51)43(50)42(49)39(35-46)55-45)54-41(48)34-32-30-28-26-24-21-18-16-14-12-10-8-6-4-2/h10,12,16,18,38-39,42-46,49-51H,3-9,11,13-15,17,19-37H2,1-2H3/b12-10+,18-16+/t38-,39-,42+,43?,44?,45-/m0/s1. The van der Waals surface area contributed by atoms with E-state index in [9.17, 15) is 30.0 Å². The molecule has 0 amide bonds. The Morgan fingerprint density at radius 3 is 1.56 bits per heavy atom. The maximum absolute atomic E-state index is 12.7. The smallest absolute Gasteiger partial charge is 0.306 e. The summed E-state index contributed by atoms with van der Waals surface area (Å²) in [6.45, 7) is 3.38. The number of esters is 2. The second-order valence-electron chi connectivity index (χ2n) is 15.5. The molecule has 1 saturated heterocycles. The maximum Gasteiger partial charge on any atom is 0.306 e. The number of rotatable bonds is 37. The Labute approximate surface area is 334 Å². The Balaban J connectivity index is 2.33. The van der Waals surface area contributed by atoms with E-state index < -0.39 is 49.4 Å². The number of aliphatic hydroxyl groups excluding tert-OH is 4. The molecule has 1 aliphatic rings. The SMILES string of the molecule is CCCC/C=C/C/C=C/CCCCCCCC(=O)O[C@@H](COC(=O)CCCCCCCCCCCCCCCCCC)CO[C@H]1O[C@@H](CO)[C@@H](O)C(O)C1O. The monoisotopic (exact) mass is 783 g/mol. The summed E-state index contributed by atoms with van der Waals surface area (Å²) in [5, 5.41) is 40.0.